The molecule has 2 atom stereocenters. The zero-order chi connectivity index (χ0) is 14.5. The predicted octanol–water partition coefficient (Wildman–Crippen LogP) is 4.74. The van der Waals surface area contributed by atoms with Crippen LogP contribution in [0.5, 0.6) is 0 Å². The maximum absolute atomic E-state index is 13.5. The smallest absolute Gasteiger partial charge is 0.142 e. The number of nitrogens with one attached hydrogen (secondary N) is 1. The molecule has 1 heterocycles. The number of halogens is 3. The van der Waals surface area contributed by atoms with Crippen LogP contribution in [-0.4, -0.2) is 19.3 Å². The first-order chi connectivity index (χ1) is 9.58. The summed E-state index contributed by atoms with van der Waals surface area (Å²) in [6.07, 6.45) is 4.86. The zero-order valence-corrected chi connectivity index (χ0v) is 13.1. The SMILES string of the molecule is CC(NCCC1CCCCO1)c1cc(F)c(Cl)cc1Cl. The highest BCUT2D eigenvalue weighted by atomic mass is 35.5. The van der Waals surface area contributed by atoms with Crippen molar-refractivity contribution in [3.8, 4) is 0 Å². The molecule has 0 radical (unpaired) electrons. The van der Waals surface area contributed by atoms with Crippen LogP contribution in [0.1, 0.15) is 44.2 Å². The van der Waals surface area contributed by atoms with Gasteiger partial charge in [-0.05, 0) is 56.8 Å². The van der Waals surface area contributed by atoms with Crippen LogP contribution >= 0.6 is 23.2 Å². The van der Waals surface area contributed by atoms with Crippen molar-refractivity contribution in [3.05, 3.63) is 33.6 Å². The van der Waals surface area contributed by atoms with Gasteiger partial charge in [-0.2, -0.15) is 0 Å². The molecule has 2 unspecified atom stereocenters. The van der Waals surface area contributed by atoms with Crippen LogP contribution in [0.4, 0.5) is 4.39 Å². The second-order valence-corrected chi connectivity index (χ2v) is 6.06. The van der Waals surface area contributed by atoms with E-state index < -0.39 is 5.82 Å². The third-order valence-electron chi connectivity index (χ3n) is 3.70. The zero-order valence-electron chi connectivity index (χ0n) is 11.6. The second kappa shape index (κ2) is 7.60. The highest BCUT2D eigenvalue weighted by molar-refractivity contribution is 6.35. The Kier molecular flexibility index (Phi) is 6.09. The van der Waals surface area contributed by atoms with Crippen molar-refractivity contribution in [1.82, 2.24) is 5.32 Å². The van der Waals surface area contributed by atoms with Crippen molar-refractivity contribution in [2.24, 2.45) is 0 Å². The van der Waals surface area contributed by atoms with E-state index in [9.17, 15) is 4.39 Å². The minimum absolute atomic E-state index is 0.0159. The molecule has 1 aliphatic heterocycles. The molecule has 1 N–H and O–H groups in total. The second-order valence-electron chi connectivity index (χ2n) is 5.24. The van der Waals surface area contributed by atoms with E-state index in [1.807, 2.05) is 6.92 Å². The molecule has 112 valence electrons. The van der Waals surface area contributed by atoms with Crippen molar-refractivity contribution >= 4 is 23.2 Å². The molecule has 0 bridgehead atoms. The lowest BCUT2D eigenvalue weighted by atomic mass is 10.1. The van der Waals surface area contributed by atoms with Crippen LogP contribution in [0.15, 0.2) is 12.1 Å². The maximum atomic E-state index is 13.5. The van der Waals surface area contributed by atoms with E-state index in [4.69, 9.17) is 27.9 Å². The summed E-state index contributed by atoms with van der Waals surface area (Å²) in [7, 11) is 0. The summed E-state index contributed by atoms with van der Waals surface area (Å²) in [4.78, 5) is 0. The molecule has 0 aromatic heterocycles. The summed E-state index contributed by atoms with van der Waals surface area (Å²) < 4.78 is 19.2. The minimum Gasteiger partial charge on any atom is -0.378 e. The van der Waals surface area contributed by atoms with Gasteiger partial charge >= 0.3 is 0 Å². The van der Waals surface area contributed by atoms with E-state index in [2.05, 4.69) is 5.32 Å². The molecule has 1 aromatic carbocycles. The molecule has 5 heteroatoms. The first-order valence-electron chi connectivity index (χ1n) is 7.07. The van der Waals surface area contributed by atoms with Gasteiger partial charge in [-0.15, -0.1) is 0 Å². The lowest BCUT2D eigenvalue weighted by molar-refractivity contribution is 0.0112. The Balaban J connectivity index is 1.85. The lowest BCUT2D eigenvalue weighted by Gasteiger charge is -2.23. The third-order valence-corrected chi connectivity index (χ3v) is 4.31. The molecule has 1 saturated heterocycles. The van der Waals surface area contributed by atoms with Crippen molar-refractivity contribution in [2.45, 2.75) is 44.8 Å². The van der Waals surface area contributed by atoms with Gasteiger partial charge < -0.3 is 10.1 Å². The molecule has 1 aliphatic rings. The Morgan fingerprint density at radius 3 is 2.85 bits per heavy atom. The normalized spacial score (nSPS) is 20.9. The first-order valence-corrected chi connectivity index (χ1v) is 7.83. The Hall–Kier alpha value is -0.350. The van der Waals surface area contributed by atoms with Crippen LogP contribution in [0, 0.1) is 5.82 Å². The topological polar surface area (TPSA) is 21.3 Å². The van der Waals surface area contributed by atoms with Crippen molar-refractivity contribution in [1.29, 1.82) is 0 Å². The molecular weight excluding hydrogens is 300 g/mol. The highest BCUT2D eigenvalue weighted by Gasteiger charge is 2.16. The van der Waals surface area contributed by atoms with E-state index in [1.54, 1.807) is 0 Å². The molecule has 1 aromatic rings. The predicted molar refractivity (Wildman–Crippen MR) is 81.0 cm³/mol. The van der Waals surface area contributed by atoms with Gasteiger partial charge in [0, 0.05) is 17.7 Å². The van der Waals surface area contributed by atoms with Gasteiger partial charge in [-0.3, -0.25) is 0 Å². The fourth-order valence-electron chi connectivity index (χ4n) is 2.48. The van der Waals surface area contributed by atoms with Crippen LogP contribution in [-0.2, 0) is 4.74 Å². The van der Waals surface area contributed by atoms with Crippen molar-refractivity contribution in [2.75, 3.05) is 13.2 Å². The fraction of sp³-hybridized carbons (Fsp3) is 0.600. The van der Waals surface area contributed by atoms with Crippen molar-refractivity contribution < 1.29 is 9.13 Å². The summed E-state index contributed by atoms with van der Waals surface area (Å²) in [6, 6.07) is 2.84. The molecule has 2 rings (SSSR count). The monoisotopic (exact) mass is 319 g/mol. The first kappa shape index (κ1) is 16.0. The molecule has 0 saturated carbocycles. The Bertz CT molecular complexity index is 450. The summed E-state index contributed by atoms with van der Waals surface area (Å²) >= 11 is 11.8. The number of rotatable bonds is 5. The standard InChI is InChI=1S/C15H20Cl2FNO/c1-10(12-8-15(18)14(17)9-13(12)16)19-6-5-11-4-2-3-7-20-11/h8-11,19H,2-7H2,1H3. The molecular formula is C15H20Cl2FNO. The minimum atomic E-state index is -0.435. The summed E-state index contributed by atoms with van der Waals surface area (Å²) in [5.41, 5.74) is 0.734. The quantitative estimate of drug-likeness (QED) is 0.791. The van der Waals surface area contributed by atoms with E-state index in [0.29, 0.717) is 11.1 Å². The lowest BCUT2D eigenvalue weighted by Crippen LogP contribution is -2.27. The number of benzene rings is 1. The number of ether oxygens (including phenoxy) is 1. The van der Waals surface area contributed by atoms with Crippen molar-refractivity contribution in [3.63, 3.8) is 0 Å². The van der Waals surface area contributed by atoms with Crippen LogP contribution in [0.3, 0.4) is 0 Å². The van der Waals surface area contributed by atoms with E-state index in [1.165, 1.54) is 25.0 Å². The van der Waals surface area contributed by atoms with E-state index >= 15 is 0 Å². The number of hydrogen-bond acceptors (Lipinski definition) is 2. The average molecular weight is 320 g/mol. The molecule has 2 nitrogen and oxygen atoms in total. The summed E-state index contributed by atoms with van der Waals surface area (Å²) in [5.74, 6) is -0.435. The largest absolute Gasteiger partial charge is 0.378 e. The molecule has 0 spiro atoms. The highest BCUT2D eigenvalue weighted by Crippen LogP contribution is 2.28. The van der Waals surface area contributed by atoms with Gasteiger partial charge in [0.25, 0.3) is 0 Å². The van der Waals surface area contributed by atoms with Gasteiger partial charge in [0.2, 0.25) is 0 Å². The molecule has 20 heavy (non-hydrogen) atoms. The van der Waals surface area contributed by atoms with E-state index in [-0.39, 0.29) is 11.1 Å². The molecule has 0 amide bonds. The van der Waals surface area contributed by atoms with Gasteiger partial charge in [-0.25, -0.2) is 4.39 Å². The molecule has 1 fully saturated rings. The Labute approximate surface area is 129 Å². The third kappa shape index (κ3) is 4.32. The van der Waals surface area contributed by atoms with Gasteiger partial charge in [0.1, 0.15) is 5.82 Å². The van der Waals surface area contributed by atoms with Crippen LogP contribution in [0.2, 0.25) is 10.0 Å². The van der Waals surface area contributed by atoms with Gasteiger partial charge in [-0.1, -0.05) is 23.2 Å². The van der Waals surface area contributed by atoms with Gasteiger partial charge in [0.15, 0.2) is 0 Å². The van der Waals surface area contributed by atoms with E-state index in [0.717, 1.165) is 31.6 Å². The molecule has 0 aliphatic carbocycles. The van der Waals surface area contributed by atoms with Crippen LogP contribution in [0.25, 0.3) is 0 Å². The Morgan fingerprint density at radius 1 is 1.35 bits per heavy atom. The average Bonchev–Trinajstić information content (AvgIpc) is 2.44. The summed E-state index contributed by atoms with van der Waals surface area (Å²) in [5, 5.41) is 3.91. The summed E-state index contributed by atoms with van der Waals surface area (Å²) in [6.45, 7) is 3.66. The number of hydrogen-bond donors (Lipinski definition) is 1. The Morgan fingerprint density at radius 2 is 2.15 bits per heavy atom. The van der Waals surface area contributed by atoms with Crippen LogP contribution < -0.4 is 5.32 Å². The maximum Gasteiger partial charge on any atom is 0.142 e. The van der Waals surface area contributed by atoms with Gasteiger partial charge in [0.05, 0.1) is 11.1 Å². The fourth-order valence-corrected chi connectivity index (χ4v) is 3.02.